The molecule has 4 heteroatoms. The molecule has 2 aliphatic heterocycles. The van der Waals surface area contributed by atoms with Gasteiger partial charge in [0.05, 0.1) is 6.10 Å². The van der Waals surface area contributed by atoms with Crippen molar-refractivity contribution in [2.75, 3.05) is 52.4 Å². The smallest absolute Gasteiger partial charge is 0.0588 e. The van der Waals surface area contributed by atoms with Crippen molar-refractivity contribution in [1.82, 2.24) is 9.80 Å². The van der Waals surface area contributed by atoms with Gasteiger partial charge < -0.3 is 15.4 Å². The van der Waals surface area contributed by atoms with Gasteiger partial charge in [-0.3, -0.25) is 4.90 Å². The van der Waals surface area contributed by atoms with Gasteiger partial charge in [0.15, 0.2) is 0 Å². The van der Waals surface area contributed by atoms with Crippen LogP contribution in [0.25, 0.3) is 0 Å². The van der Waals surface area contributed by atoms with E-state index >= 15 is 0 Å². The standard InChI is InChI=1S/C12H25N3O/c13-4-6-15-9-7-14(8-10-15)5-3-12-2-1-11-16-12/h12H,1-11,13H2. The van der Waals surface area contributed by atoms with E-state index in [1.165, 1.54) is 52.0 Å². The highest BCUT2D eigenvalue weighted by atomic mass is 16.5. The van der Waals surface area contributed by atoms with Crippen molar-refractivity contribution >= 4 is 0 Å². The van der Waals surface area contributed by atoms with Gasteiger partial charge in [-0.2, -0.15) is 0 Å². The van der Waals surface area contributed by atoms with Crippen LogP contribution in [0, 0.1) is 0 Å². The Bertz CT molecular complexity index is 187. The first-order valence-corrected chi connectivity index (χ1v) is 6.65. The SMILES string of the molecule is NCCN1CCN(CCC2CCCO2)CC1. The van der Waals surface area contributed by atoms with Crippen LogP contribution in [0.3, 0.4) is 0 Å². The van der Waals surface area contributed by atoms with Crippen LogP contribution in [-0.2, 0) is 4.74 Å². The molecule has 2 rings (SSSR count). The molecule has 2 fully saturated rings. The van der Waals surface area contributed by atoms with Crippen LogP contribution >= 0.6 is 0 Å². The van der Waals surface area contributed by atoms with E-state index in [2.05, 4.69) is 9.80 Å². The Labute approximate surface area is 98.7 Å². The summed E-state index contributed by atoms with van der Waals surface area (Å²) in [6, 6.07) is 0. The largest absolute Gasteiger partial charge is 0.378 e. The average molecular weight is 227 g/mol. The summed E-state index contributed by atoms with van der Waals surface area (Å²) in [5.41, 5.74) is 5.56. The number of piperazine rings is 1. The molecule has 2 aliphatic rings. The highest BCUT2D eigenvalue weighted by Crippen LogP contribution is 2.16. The van der Waals surface area contributed by atoms with E-state index in [4.69, 9.17) is 10.5 Å². The number of nitrogens with zero attached hydrogens (tertiary/aromatic N) is 2. The van der Waals surface area contributed by atoms with Crippen molar-refractivity contribution in [2.45, 2.75) is 25.4 Å². The van der Waals surface area contributed by atoms with Crippen molar-refractivity contribution in [2.24, 2.45) is 5.73 Å². The minimum absolute atomic E-state index is 0.544. The first-order valence-electron chi connectivity index (χ1n) is 6.65. The van der Waals surface area contributed by atoms with E-state index in [-0.39, 0.29) is 0 Å². The topological polar surface area (TPSA) is 41.7 Å². The second-order valence-corrected chi connectivity index (χ2v) is 4.90. The molecule has 0 saturated carbocycles. The molecule has 0 aromatic rings. The normalized spacial score (nSPS) is 28.7. The molecule has 0 aromatic heterocycles. The molecule has 2 saturated heterocycles. The number of hydrogen-bond acceptors (Lipinski definition) is 4. The van der Waals surface area contributed by atoms with Gasteiger partial charge in [0.1, 0.15) is 0 Å². The molecule has 0 bridgehead atoms. The number of rotatable bonds is 5. The van der Waals surface area contributed by atoms with Gasteiger partial charge in [0.2, 0.25) is 0 Å². The first-order chi connectivity index (χ1) is 7.88. The van der Waals surface area contributed by atoms with Crippen molar-refractivity contribution in [3.8, 4) is 0 Å². The Morgan fingerprint density at radius 3 is 2.31 bits per heavy atom. The molecule has 0 aliphatic carbocycles. The third-order valence-corrected chi connectivity index (χ3v) is 3.70. The average Bonchev–Trinajstić information content (AvgIpc) is 2.82. The van der Waals surface area contributed by atoms with Gasteiger partial charge in [0, 0.05) is 52.4 Å². The summed E-state index contributed by atoms with van der Waals surface area (Å²) in [5.74, 6) is 0. The predicted molar refractivity (Wildman–Crippen MR) is 65.5 cm³/mol. The van der Waals surface area contributed by atoms with E-state index < -0.39 is 0 Å². The van der Waals surface area contributed by atoms with Crippen molar-refractivity contribution in [3.05, 3.63) is 0 Å². The molecule has 0 spiro atoms. The van der Waals surface area contributed by atoms with E-state index in [0.29, 0.717) is 6.10 Å². The van der Waals surface area contributed by atoms with E-state index in [0.717, 1.165) is 19.7 Å². The lowest BCUT2D eigenvalue weighted by atomic mass is 10.1. The van der Waals surface area contributed by atoms with E-state index in [9.17, 15) is 0 Å². The summed E-state index contributed by atoms with van der Waals surface area (Å²) in [7, 11) is 0. The molecule has 2 heterocycles. The Kier molecular flexibility index (Phi) is 5.03. The van der Waals surface area contributed by atoms with Crippen LogP contribution < -0.4 is 5.73 Å². The van der Waals surface area contributed by atoms with E-state index in [1.54, 1.807) is 0 Å². The molecule has 1 unspecified atom stereocenters. The highest BCUT2D eigenvalue weighted by molar-refractivity contribution is 4.74. The van der Waals surface area contributed by atoms with Crippen LogP contribution in [0.5, 0.6) is 0 Å². The monoisotopic (exact) mass is 227 g/mol. The Morgan fingerprint density at radius 2 is 1.75 bits per heavy atom. The molecule has 94 valence electrons. The Hall–Kier alpha value is -0.160. The fraction of sp³-hybridized carbons (Fsp3) is 1.00. The maximum absolute atomic E-state index is 5.65. The maximum Gasteiger partial charge on any atom is 0.0588 e. The maximum atomic E-state index is 5.65. The lowest BCUT2D eigenvalue weighted by molar-refractivity contribution is 0.0781. The van der Waals surface area contributed by atoms with Gasteiger partial charge in [-0.15, -0.1) is 0 Å². The molecule has 2 N–H and O–H groups in total. The molecule has 16 heavy (non-hydrogen) atoms. The van der Waals surface area contributed by atoms with Crippen LogP contribution in [-0.4, -0.2) is 68.3 Å². The molecule has 0 radical (unpaired) electrons. The molecule has 4 nitrogen and oxygen atoms in total. The molecular formula is C12H25N3O. The highest BCUT2D eigenvalue weighted by Gasteiger charge is 2.19. The third-order valence-electron chi connectivity index (χ3n) is 3.70. The number of ether oxygens (including phenoxy) is 1. The summed E-state index contributed by atoms with van der Waals surface area (Å²) >= 11 is 0. The van der Waals surface area contributed by atoms with Gasteiger partial charge in [-0.25, -0.2) is 0 Å². The number of hydrogen-bond donors (Lipinski definition) is 1. The summed E-state index contributed by atoms with van der Waals surface area (Å²) < 4.78 is 5.65. The van der Waals surface area contributed by atoms with Gasteiger partial charge in [-0.1, -0.05) is 0 Å². The fourth-order valence-electron chi connectivity index (χ4n) is 2.62. The van der Waals surface area contributed by atoms with Gasteiger partial charge >= 0.3 is 0 Å². The van der Waals surface area contributed by atoms with Crippen molar-refractivity contribution in [3.63, 3.8) is 0 Å². The minimum Gasteiger partial charge on any atom is -0.378 e. The zero-order chi connectivity index (χ0) is 11.2. The predicted octanol–water partition coefficient (Wildman–Crippen LogP) is 0.132. The van der Waals surface area contributed by atoms with E-state index in [1.807, 2.05) is 0 Å². The summed E-state index contributed by atoms with van der Waals surface area (Å²) in [5, 5.41) is 0. The van der Waals surface area contributed by atoms with Gasteiger partial charge in [-0.05, 0) is 19.3 Å². The zero-order valence-corrected chi connectivity index (χ0v) is 10.2. The summed E-state index contributed by atoms with van der Waals surface area (Å²) in [6.07, 6.45) is 4.29. The van der Waals surface area contributed by atoms with Crippen LogP contribution in [0.2, 0.25) is 0 Å². The fourth-order valence-corrected chi connectivity index (χ4v) is 2.62. The second kappa shape index (κ2) is 6.55. The zero-order valence-electron chi connectivity index (χ0n) is 10.2. The van der Waals surface area contributed by atoms with Crippen molar-refractivity contribution < 1.29 is 4.74 Å². The summed E-state index contributed by atoms with van der Waals surface area (Å²) in [4.78, 5) is 5.03. The third kappa shape index (κ3) is 3.70. The quantitative estimate of drug-likeness (QED) is 0.725. The summed E-state index contributed by atoms with van der Waals surface area (Å²) in [6.45, 7) is 8.80. The van der Waals surface area contributed by atoms with Gasteiger partial charge in [0.25, 0.3) is 0 Å². The first kappa shape index (κ1) is 12.3. The lowest BCUT2D eigenvalue weighted by Crippen LogP contribution is -2.48. The molecule has 0 amide bonds. The number of nitrogens with two attached hydrogens (primary N) is 1. The van der Waals surface area contributed by atoms with Crippen LogP contribution in [0.4, 0.5) is 0 Å². The molecule has 1 atom stereocenters. The molecular weight excluding hydrogens is 202 g/mol. The Balaban J connectivity index is 1.57. The van der Waals surface area contributed by atoms with Crippen LogP contribution in [0.1, 0.15) is 19.3 Å². The lowest BCUT2D eigenvalue weighted by Gasteiger charge is -2.34. The minimum atomic E-state index is 0.544. The molecule has 0 aromatic carbocycles. The van der Waals surface area contributed by atoms with Crippen LogP contribution in [0.15, 0.2) is 0 Å². The second-order valence-electron chi connectivity index (χ2n) is 4.90. The Morgan fingerprint density at radius 1 is 1.06 bits per heavy atom. The van der Waals surface area contributed by atoms with Crippen molar-refractivity contribution in [1.29, 1.82) is 0 Å².